The molecule has 1 aromatic carbocycles. The van der Waals surface area contributed by atoms with Crippen LogP contribution < -0.4 is 0 Å². The SMILES string of the molecule is CN(C(=O)c1ccc(I)c(F)c1)C1CC1. The Labute approximate surface area is 102 Å². The predicted octanol–water partition coefficient (Wildman–Crippen LogP) is 2.66. The van der Waals surface area contributed by atoms with Crippen LogP contribution in [-0.2, 0) is 0 Å². The third-order valence-corrected chi connectivity index (χ3v) is 3.46. The van der Waals surface area contributed by atoms with Crippen molar-refractivity contribution in [2.24, 2.45) is 0 Å². The van der Waals surface area contributed by atoms with Crippen LogP contribution in [0.2, 0.25) is 0 Å². The second-order valence-electron chi connectivity index (χ2n) is 3.78. The van der Waals surface area contributed by atoms with Crippen molar-refractivity contribution in [2.75, 3.05) is 7.05 Å². The smallest absolute Gasteiger partial charge is 0.253 e. The molecule has 0 spiro atoms. The summed E-state index contributed by atoms with van der Waals surface area (Å²) in [6.07, 6.45) is 2.13. The number of carbonyl (C=O) groups is 1. The molecular formula is C11H11FINO. The van der Waals surface area contributed by atoms with Crippen molar-refractivity contribution < 1.29 is 9.18 Å². The van der Waals surface area contributed by atoms with E-state index in [1.165, 1.54) is 6.07 Å². The normalized spacial score (nSPS) is 15.1. The average molecular weight is 319 g/mol. The van der Waals surface area contributed by atoms with Crippen molar-refractivity contribution in [3.63, 3.8) is 0 Å². The first kappa shape index (κ1) is 10.9. The minimum Gasteiger partial charge on any atom is -0.339 e. The maximum atomic E-state index is 13.2. The van der Waals surface area contributed by atoms with Gasteiger partial charge in [0.1, 0.15) is 5.82 Å². The molecule has 2 rings (SSSR count). The first-order valence-electron chi connectivity index (χ1n) is 4.82. The Morgan fingerprint density at radius 1 is 1.53 bits per heavy atom. The highest BCUT2D eigenvalue weighted by molar-refractivity contribution is 14.1. The summed E-state index contributed by atoms with van der Waals surface area (Å²) in [6, 6.07) is 4.97. The molecule has 0 aromatic heterocycles. The van der Waals surface area contributed by atoms with Gasteiger partial charge in [-0.3, -0.25) is 4.79 Å². The van der Waals surface area contributed by atoms with Gasteiger partial charge in [0.05, 0.1) is 0 Å². The highest BCUT2D eigenvalue weighted by Gasteiger charge is 2.30. The minimum absolute atomic E-state index is 0.0900. The summed E-state index contributed by atoms with van der Waals surface area (Å²) >= 11 is 1.91. The zero-order valence-corrected chi connectivity index (χ0v) is 10.5. The minimum atomic E-state index is -0.328. The summed E-state index contributed by atoms with van der Waals surface area (Å²) in [5, 5.41) is 0. The number of hydrogen-bond donors (Lipinski definition) is 0. The summed E-state index contributed by atoms with van der Waals surface area (Å²) in [4.78, 5) is 13.5. The first-order valence-corrected chi connectivity index (χ1v) is 5.89. The maximum absolute atomic E-state index is 13.2. The number of amides is 1. The molecule has 1 aromatic rings. The fourth-order valence-corrected chi connectivity index (χ4v) is 1.80. The summed E-state index contributed by atoms with van der Waals surface area (Å²) < 4.78 is 13.8. The van der Waals surface area contributed by atoms with Gasteiger partial charge < -0.3 is 4.90 Å². The highest BCUT2D eigenvalue weighted by Crippen LogP contribution is 2.27. The third kappa shape index (κ3) is 2.30. The van der Waals surface area contributed by atoms with Gasteiger partial charge in [0.15, 0.2) is 0 Å². The summed E-state index contributed by atoms with van der Waals surface area (Å²) in [6.45, 7) is 0. The Morgan fingerprint density at radius 3 is 2.73 bits per heavy atom. The van der Waals surface area contributed by atoms with Crippen molar-refractivity contribution >= 4 is 28.5 Å². The van der Waals surface area contributed by atoms with Crippen LogP contribution in [0.25, 0.3) is 0 Å². The lowest BCUT2D eigenvalue weighted by Crippen LogP contribution is -2.28. The molecule has 0 N–H and O–H groups in total. The number of nitrogens with zero attached hydrogens (tertiary/aromatic N) is 1. The fourth-order valence-electron chi connectivity index (χ4n) is 1.46. The third-order valence-electron chi connectivity index (χ3n) is 2.58. The Balaban J connectivity index is 2.21. The molecule has 0 bridgehead atoms. The number of benzene rings is 1. The van der Waals surface area contributed by atoms with E-state index in [9.17, 15) is 9.18 Å². The van der Waals surface area contributed by atoms with E-state index >= 15 is 0 Å². The molecule has 1 saturated carbocycles. The van der Waals surface area contributed by atoms with Crippen molar-refractivity contribution in [2.45, 2.75) is 18.9 Å². The van der Waals surface area contributed by atoms with Crippen LogP contribution in [-0.4, -0.2) is 23.9 Å². The van der Waals surface area contributed by atoms with Crippen LogP contribution in [0.1, 0.15) is 23.2 Å². The van der Waals surface area contributed by atoms with Gasteiger partial charge in [-0.1, -0.05) is 0 Å². The maximum Gasteiger partial charge on any atom is 0.253 e. The van der Waals surface area contributed by atoms with Gasteiger partial charge in [0.2, 0.25) is 0 Å². The summed E-state index contributed by atoms with van der Waals surface area (Å²) in [7, 11) is 1.77. The van der Waals surface area contributed by atoms with Gasteiger partial charge >= 0.3 is 0 Å². The van der Waals surface area contributed by atoms with Crippen molar-refractivity contribution in [1.82, 2.24) is 4.90 Å². The van der Waals surface area contributed by atoms with E-state index in [2.05, 4.69) is 0 Å². The first-order chi connectivity index (χ1) is 7.09. The van der Waals surface area contributed by atoms with Crippen molar-refractivity contribution in [3.05, 3.63) is 33.1 Å². The average Bonchev–Trinajstić information content (AvgIpc) is 3.03. The van der Waals surface area contributed by atoms with Gasteiger partial charge in [-0.05, 0) is 53.6 Å². The molecule has 1 amide bonds. The van der Waals surface area contributed by atoms with E-state index in [1.807, 2.05) is 22.6 Å². The number of hydrogen-bond acceptors (Lipinski definition) is 1. The van der Waals surface area contributed by atoms with Crippen LogP contribution in [0.15, 0.2) is 18.2 Å². The van der Waals surface area contributed by atoms with E-state index < -0.39 is 0 Å². The van der Waals surface area contributed by atoms with Gasteiger partial charge in [-0.15, -0.1) is 0 Å². The molecule has 4 heteroatoms. The summed E-state index contributed by atoms with van der Waals surface area (Å²) in [5.74, 6) is -0.418. The van der Waals surface area contributed by atoms with Gasteiger partial charge in [0.25, 0.3) is 5.91 Å². The zero-order chi connectivity index (χ0) is 11.0. The number of carbonyl (C=O) groups excluding carboxylic acids is 1. The lowest BCUT2D eigenvalue weighted by Gasteiger charge is -2.16. The molecule has 0 aliphatic heterocycles. The molecule has 0 atom stereocenters. The molecule has 0 radical (unpaired) electrons. The van der Waals surface area contributed by atoms with Crippen molar-refractivity contribution in [1.29, 1.82) is 0 Å². The highest BCUT2D eigenvalue weighted by atomic mass is 127. The van der Waals surface area contributed by atoms with Crippen LogP contribution in [0.5, 0.6) is 0 Å². The lowest BCUT2D eigenvalue weighted by atomic mass is 10.2. The molecule has 1 aliphatic rings. The van der Waals surface area contributed by atoms with Crippen molar-refractivity contribution in [3.8, 4) is 0 Å². The molecule has 0 heterocycles. The zero-order valence-electron chi connectivity index (χ0n) is 8.34. The van der Waals surface area contributed by atoms with E-state index in [1.54, 1.807) is 24.1 Å². The van der Waals surface area contributed by atoms with Crippen LogP contribution in [0, 0.1) is 9.39 Å². The van der Waals surface area contributed by atoms with Crippen LogP contribution >= 0.6 is 22.6 Å². The lowest BCUT2D eigenvalue weighted by molar-refractivity contribution is 0.0784. The molecule has 80 valence electrons. The second kappa shape index (κ2) is 4.08. The fraction of sp³-hybridized carbons (Fsp3) is 0.364. The molecule has 1 aliphatic carbocycles. The van der Waals surface area contributed by atoms with E-state index in [0.29, 0.717) is 15.2 Å². The van der Waals surface area contributed by atoms with Gasteiger partial charge in [-0.25, -0.2) is 4.39 Å². The molecule has 1 fully saturated rings. The Bertz CT molecular complexity index is 404. The second-order valence-corrected chi connectivity index (χ2v) is 4.94. The Morgan fingerprint density at radius 2 is 2.20 bits per heavy atom. The number of halogens is 2. The van der Waals surface area contributed by atoms with Gasteiger partial charge in [0, 0.05) is 22.2 Å². The largest absolute Gasteiger partial charge is 0.339 e. The van der Waals surface area contributed by atoms with Gasteiger partial charge in [-0.2, -0.15) is 0 Å². The van der Waals surface area contributed by atoms with E-state index in [4.69, 9.17) is 0 Å². The van der Waals surface area contributed by atoms with Crippen LogP contribution in [0.4, 0.5) is 4.39 Å². The molecule has 0 unspecified atom stereocenters. The topological polar surface area (TPSA) is 20.3 Å². The number of rotatable bonds is 2. The molecule has 0 saturated heterocycles. The molecule has 2 nitrogen and oxygen atoms in total. The Kier molecular flexibility index (Phi) is 2.95. The monoisotopic (exact) mass is 319 g/mol. The molecule has 15 heavy (non-hydrogen) atoms. The van der Waals surface area contributed by atoms with E-state index in [0.717, 1.165) is 12.8 Å². The van der Waals surface area contributed by atoms with Crippen LogP contribution in [0.3, 0.4) is 0 Å². The molecular weight excluding hydrogens is 308 g/mol. The predicted molar refractivity (Wildman–Crippen MR) is 64.2 cm³/mol. The summed E-state index contributed by atoms with van der Waals surface area (Å²) in [5.41, 5.74) is 0.433. The van der Waals surface area contributed by atoms with E-state index in [-0.39, 0.29) is 11.7 Å². The standard InChI is InChI=1S/C11H11FINO/c1-14(8-3-4-8)11(15)7-2-5-10(13)9(12)6-7/h2,5-6,8H,3-4H2,1H3. The Hall–Kier alpha value is -0.650. The quantitative estimate of drug-likeness (QED) is 0.768.